The largest absolute Gasteiger partial charge is 0.419 e. The molecule has 2 aromatic carbocycles. The molecule has 0 unspecified atom stereocenters. The van der Waals surface area contributed by atoms with Crippen molar-refractivity contribution in [3.63, 3.8) is 0 Å². The molecule has 0 spiro atoms. The van der Waals surface area contributed by atoms with Gasteiger partial charge in [-0.15, -0.1) is 0 Å². The fraction of sp³-hybridized carbons (Fsp3) is 0.300. The first-order valence-corrected chi connectivity index (χ1v) is 8.67. The van der Waals surface area contributed by atoms with E-state index in [1.807, 2.05) is 6.07 Å². The molecule has 27 heavy (non-hydrogen) atoms. The average molecular weight is 374 g/mol. The molecule has 0 N–H and O–H groups in total. The summed E-state index contributed by atoms with van der Waals surface area (Å²) in [6.45, 7) is 2.10. The highest BCUT2D eigenvalue weighted by Crippen LogP contribution is 2.22. The van der Waals surface area contributed by atoms with Gasteiger partial charge in [0, 0.05) is 20.0 Å². The van der Waals surface area contributed by atoms with Crippen molar-refractivity contribution in [3.05, 3.63) is 70.2 Å². The Morgan fingerprint density at radius 2 is 1.93 bits per heavy atom. The molecule has 1 heterocycles. The van der Waals surface area contributed by atoms with Gasteiger partial charge in [-0.3, -0.25) is 9.36 Å². The van der Waals surface area contributed by atoms with Crippen molar-refractivity contribution >= 4 is 17.0 Å². The lowest BCUT2D eigenvalue weighted by Crippen LogP contribution is -2.30. The van der Waals surface area contributed by atoms with Crippen LogP contribution < -0.4 is 5.76 Å². The second-order valence-electron chi connectivity index (χ2n) is 6.45. The molecule has 3 aromatic rings. The maximum absolute atomic E-state index is 13.4. The van der Waals surface area contributed by atoms with E-state index in [2.05, 4.69) is 0 Å². The molecule has 142 valence electrons. The molecular formula is C20H20F2N2O3. The van der Waals surface area contributed by atoms with Gasteiger partial charge < -0.3 is 9.32 Å². The van der Waals surface area contributed by atoms with E-state index >= 15 is 0 Å². The molecule has 0 aliphatic heterocycles. The van der Waals surface area contributed by atoms with Crippen LogP contribution in [0, 0.1) is 11.6 Å². The fourth-order valence-corrected chi connectivity index (χ4v) is 3.00. The van der Waals surface area contributed by atoms with Crippen molar-refractivity contribution in [2.45, 2.75) is 32.4 Å². The van der Waals surface area contributed by atoms with Crippen molar-refractivity contribution in [1.29, 1.82) is 0 Å². The van der Waals surface area contributed by atoms with Gasteiger partial charge in [-0.05, 0) is 43.2 Å². The Hall–Kier alpha value is -2.96. The van der Waals surface area contributed by atoms with Crippen LogP contribution in [0.4, 0.5) is 8.78 Å². The number of para-hydroxylation sites is 2. The molecule has 1 aromatic heterocycles. The molecule has 0 saturated heterocycles. The number of hydrogen-bond acceptors (Lipinski definition) is 3. The molecule has 1 atom stereocenters. The number of halogens is 2. The number of aromatic nitrogens is 1. The van der Waals surface area contributed by atoms with Crippen molar-refractivity contribution in [2.24, 2.45) is 0 Å². The van der Waals surface area contributed by atoms with Gasteiger partial charge in [-0.2, -0.15) is 0 Å². The molecule has 7 heteroatoms. The van der Waals surface area contributed by atoms with Crippen LogP contribution in [0.2, 0.25) is 0 Å². The number of carbonyl (C=O) groups is 1. The lowest BCUT2D eigenvalue weighted by atomic mass is 10.1. The maximum atomic E-state index is 13.4. The zero-order valence-corrected chi connectivity index (χ0v) is 15.1. The first kappa shape index (κ1) is 18.8. The second kappa shape index (κ2) is 7.73. The molecule has 0 aliphatic carbocycles. The van der Waals surface area contributed by atoms with Gasteiger partial charge in [-0.25, -0.2) is 13.6 Å². The quantitative estimate of drug-likeness (QED) is 0.658. The second-order valence-corrected chi connectivity index (χ2v) is 6.45. The van der Waals surface area contributed by atoms with Gasteiger partial charge in [0.1, 0.15) is 0 Å². The highest BCUT2D eigenvalue weighted by molar-refractivity contribution is 5.76. The van der Waals surface area contributed by atoms with Crippen molar-refractivity contribution < 1.29 is 18.0 Å². The Morgan fingerprint density at radius 1 is 1.19 bits per heavy atom. The minimum Gasteiger partial charge on any atom is -0.408 e. The molecule has 0 fully saturated rings. The maximum Gasteiger partial charge on any atom is 0.419 e. The van der Waals surface area contributed by atoms with E-state index in [0.29, 0.717) is 29.6 Å². The Kier molecular flexibility index (Phi) is 5.39. The Balaban J connectivity index is 1.62. The number of nitrogens with zero attached hydrogens (tertiary/aromatic N) is 2. The van der Waals surface area contributed by atoms with Crippen molar-refractivity contribution in [3.8, 4) is 0 Å². The molecule has 0 aliphatic rings. The number of amides is 1. The minimum absolute atomic E-state index is 0.145. The van der Waals surface area contributed by atoms with Gasteiger partial charge in [0.25, 0.3) is 0 Å². The number of oxazole rings is 1. The zero-order chi connectivity index (χ0) is 19.6. The molecule has 0 saturated carbocycles. The summed E-state index contributed by atoms with van der Waals surface area (Å²) in [6, 6.07) is 10.3. The standard InChI is InChI=1S/C20H20F2N2O3/c1-13(14-9-10-15(21)16(22)12-14)23(2)19(25)8-5-11-24-17-6-3-4-7-18(17)27-20(24)26/h3-4,6-7,9-10,12-13H,5,8,11H2,1-2H3/t13-/m0/s1. The van der Waals surface area contributed by atoms with Crippen molar-refractivity contribution in [2.75, 3.05) is 7.05 Å². The van der Waals surface area contributed by atoms with Crippen LogP contribution in [0.15, 0.2) is 51.7 Å². The van der Waals surface area contributed by atoms with E-state index in [9.17, 15) is 18.4 Å². The van der Waals surface area contributed by atoms with Gasteiger partial charge in [-0.1, -0.05) is 18.2 Å². The smallest absolute Gasteiger partial charge is 0.408 e. The summed E-state index contributed by atoms with van der Waals surface area (Å²) in [6.07, 6.45) is 0.674. The van der Waals surface area contributed by atoms with Gasteiger partial charge in [0.15, 0.2) is 17.2 Å². The Morgan fingerprint density at radius 3 is 2.67 bits per heavy atom. The summed E-state index contributed by atoms with van der Waals surface area (Å²) in [7, 11) is 1.62. The Labute approximate surface area is 154 Å². The first-order valence-electron chi connectivity index (χ1n) is 8.67. The minimum atomic E-state index is -0.939. The van der Waals surface area contributed by atoms with Crippen LogP contribution in [-0.2, 0) is 11.3 Å². The fourth-order valence-electron chi connectivity index (χ4n) is 3.00. The topological polar surface area (TPSA) is 55.5 Å². The average Bonchev–Trinajstić information content (AvgIpc) is 2.98. The lowest BCUT2D eigenvalue weighted by Gasteiger charge is -2.25. The molecule has 0 bridgehead atoms. The predicted octanol–water partition coefficient (Wildman–Crippen LogP) is 3.87. The lowest BCUT2D eigenvalue weighted by molar-refractivity contribution is -0.132. The van der Waals surface area contributed by atoms with E-state index < -0.39 is 23.4 Å². The third-order valence-electron chi connectivity index (χ3n) is 4.75. The summed E-state index contributed by atoms with van der Waals surface area (Å²) in [4.78, 5) is 25.9. The summed E-state index contributed by atoms with van der Waals surface area (Å²) >= 11 is 0. The van der Waals surface area contributed by atoms with Crippen LogP contribution in [-0.4, -0.2) is 22.4 Å². The summed E-state index contributed by atoms with van der Waals surface area (Å²) in [5.74, 6) is -2.45. The van der Waals surface area contributed by atoms with Crippen LogP contribution in [0.1, 0.15) is 31.4 Å². The van der Waals surface area contributed by atoms with E-state index in [4.69, 9.17) is 4.42 Å². The van der Waals surface area contributed by atoms with Gasteiger partial charge in [0.05, 0.1) is 11.6 Å². The Bertz CT molecular complexity index is 1030. The van der Waals surface area contributed by atoms with Crippen LogP contribution in [0.25, 0.3) is 11.1 Å². The number of carbonyl (C=O) groups excluding carboxylic acids is 1. The number of rotatable bonds is 6. The zero-order valence-electron chi connectivity index (χ0n) is 15.1. The van der Waals surface area contributed by atoms with Gasteiger partial charge >= 0.3 is 5.76 Å². The summed E-state index contributed by atoms with van der Waals surface area (Å²) in [5.41, 5.74) is 1.72. The van der Waals surface area contributed by atoms with E-state index in [0.717, 1.165) is 12.1 Å². The van der Waals surface area contributed by atoms with Crippen LogP contribution >= 0.6 is 0 Å². The van der Waals surface area contributed by atoms with E-state index in [1.165, 1.54) is 15.5 Å². The molecule has 3 rings (SSSR count). The third-order valence-corrected chi connectivity index (χ3v) is 4.75. The van der Waals surface area contributed by atoms with E-state index in [1.54, 1.807) is 32.2 Å². The molecule has 0 radical (unpaired) electrons. The number of fused-ring (bicyclic) bond motifs is 1. The SMILES string of the molecule is C[C@@H](c1ccc(F)c(F)c1)N(C)C(=O)CCCn1c(=O)oc2ccccc21. The van der Waals surface area contributed by atoms with Crippen molar-refractivity contribution in [1.82, 2.24) is 9.47 Å². The highest BCUT2D eigenvalue weighted by atomic mass is 19.2. The van der Waals surface area contributed by atoms with E-state index in [-0.39, 0.29) is 12.3 Å². The summed E-state index contributed by atoms with van der Waals surface area (Å²) in [5, 5.41) is 0. The predicted molar refractivity (Wildman–Crippen MR) is 97.3 cm³/mol. The third kappa shape index (κ3) is 3.92. The van der Waals surface area contributed by atoms with Crippen LogP contribution in [0.5, 0.6) is 0 Å². The number of hydrogen-bond donors (Lipinski definition) is 0. The number of aryl methyl sites for hydroxylation is 1. The monoisotopic (exact) mass is 374 g/mol. The molecule has 1 amide bonds. The first-order chi connectivity index (χ1) is 12.9. The summed E-state index contributed by atoms with van der Waals surface area (Å²) < 4.78 is 33.2. The molecular weight excluding hydrogens is 354 g/mol. The van der Waals surface area contributed by atoms with Crippen LogP contribution in [0.3, 0.4) is 0 Å². The normalized spacial score (nSPS) is 12.3. The molecule has 5 nitrogen and oxygen atoms in total. The number of benzene rings is 2. The van der Waals surface area contributed by atoms with Gasteiger partial charge in [0.2, 0.25) is 5.91 Å². The highest BCUT2D eigenvalue weighted by Gasteiger charge is 2.19.